The second-order valence-corrected chi connectivity index (χ2v) is 6.66. The third kappa shape index (κ3) is 2.87. The molecular weight excluding hydrogens is 298 g/mol. The first kappa shape index (κ1) is 15.1. The number of hydrogen-bond donors (Lipinski definition) is 0. The van der Waals surface area contributed by atoms with Crippen LogP contribution in [0.25, 0.3) is 11.4 Å². The summed E-state index contributed by atoms with van der Waals surface area (Å²) in [5.74, 6) is 1.08. The standard InChI is InChI=1S/C19H23N5/c1-15-10-20-19(17-6-4-3-5-7-17)24(15)18-8-9-23(14-18)13-16-11-21-22(2)12-16/h3-7,10-12,18H,8-9,13-14H2,1-2H3. The Morgan fingerprint density at radius 2 is 2.00 bits per heavy atom. The summed E-state index contributed by atoms with van der Waals surface area (Å²) in [5.41, 5.74) is 3.71. The van der Waals surface area contributed by atoms with Gasteiger partial charge in [-0.15, -0.1) is 0 Å². The van der Waals surface area contributed by atoms with E-state index in [9.17, 15) is 0 Å². The summed E-state index contributed by atoms with van der Waals surface area (Å²) in [4.78, 5) is 7.18. The third-order valence-electron chi connectivity index (χ3n) is 4.79. The SMILES string of the molecule is Cc1cnc(-c2ccccc2)n1C1CCN(Cc2cnn(C)c2)C1. The summed E-state index contributed by atoms with van der Waals surface area (Å²) < 4.78 is 4.29. The van der Waals surface area contributed by atoms with Crippen molar-refractivity contribution >= 4 is 0 Å². The summed E-state index contributed by atoms with van der Waals surface area (Å²) in [6.45, 7) is 5.30. The molecule has 0 amide bonds. The first-order chi connectivity index (χ1) is 11.7. The molecular formula is C19H23N5. The van der Waals surface area contributed by atoms with Crippen molar-refractivity contribution in [3.63, 3.8) is 0 Å². The minimum atomic E-state index is 0.486. The van der Waals surface area contributed by atoms with E-state index in [1.807, 2.05) is 24.1 Å². The highest BCUT2D eigenvalue weighted by Crippen LogP contribution is 2.30. The van der Waals surface area contributed by atoms with E-state index in [2.05, 4.69) is 63.0 Å². The van der Waals surface area contributed by atoms with E-state index in [0.717, 1.165) is 31.9 Å². The molecule has 5 nitrogen and oxygen atoms in total. The van der Waals surface area contributed by atoms with Crippen LogP contribution in [0.4, 0.5) is 0 Å². The maximum atomic E-state index is 4.67. The highest BCUT2D eigenvalue weighted by molar-refractivity contribution is 5.56. The van der Waals surface area contributed by atoms with Crippen LogP contribution in [-0.2, 0) is 13.6 Å². The molecule has 0 N–H and O–H groups in total. The summed E-state index contributed by atoms with van der Waals surface area (Å²) >= 11 is 0. The van der Waals surface area contributed by atoms with Gasteiger partial charge in [0, 0.05) is 61.9 Å². The van der Waals surface area contributed by atoms with Crippen LogP contribution in [0.2, 0.25) is 0 Å². The van der Waals surface area contributed by atoms with Gasteiger partial charge in [0.25, 0.3) is 0 Å². The number of nitrogens with zero attached hydrogens (tertiary/aromatic N) is 5. The lowest BCUT2D eigenvalue weighted by Gasteiger charge is -2.19. The van der Waals surface area contributed by atoms with Crippen molar-refractivity contribution in [1.82, 2.24) is 24.2 Å². The van der Waals surface area contributed by atoms with E-state index in [4.69, 9.17) is 0 Å². The summed E-state index contributed by atoms with van der Waals surface area (Å²) in [7, 11) is 1.97. The average molecular weight is 321 g/mol. The lowest BCUT2D eigenvalue weighted by Crippen LogP contribution is -2.21. The van der Waals surface area contributed by atoms with Crippen LogP contribution in [0.5, 0.6) is 0 Å². The second-order valence-electron chi connectivity index (χ2n) is 6.66. The minimum Gasteiger partial charge on any atom is -0.324 e. The Bertz CT molecular complexity index is 817. The maximum Gasteiger partial charge on any atom is 0.140 e. The molecule has 2 aromatic heterocycles. The molecule has 5 heteroatoms. The molecule has 0 bridgehead atoms. The Morgan fingerprint density at radius 1 is 1.17 bits per heavy atom. The molecule has 1 saturated heterocycles. The van der Waals surface area contributed by atoms with Crippen LogP contribution >= 0.6 is 0 Å². The van der Waals surface area contributed by atoms with Crippen molar-refractivity contribution in [1.29, 1.82) is 0 Å². The van der Waals surface area contributed by atoms with Gasteiger partial charge in [-0.25, -0.2) is 4.98 Å². The summed E-state index contributed by atoms with van der Waals surface area (Å²) in [5, 5.41) is 4.27. The molecule has 1 aromatic carbocycles. The Labute approximate surface area is 142 Å². The lowest BCUT2D eigenvalue weighted by atomic mass is 10.2. The molecule has 1 unspecified atom stereocenters. The maximum absolute atomic E-state index is 4.67. The van der Waals surface area contributed by atoms with Crippen LogP contribution in [0.3, 0.4) is 0 Å². The fourth-order valence-corrected chi connectivity index (χ4v) is 3.69. The molecule has 3 heterocycles. The molecule has 1 aliphatic heterocycles. The topological polar surface area (TPSA) is 38.9 Å². The highest BCUT2D eigenvalue weighted by atomic mass is 15.3. The molecule has 124 valence electrons. The van der Waals surface area contributed by atoms with Gasteiger partial charge in [-0.2, -0.15) is 5.10 Å². The fourth-order valence-electron chi connectivity index (χ4n) is 3.69. The van der Waals surface area contributed by atoms with Gasteiger partial charge in [0.2, 0.25) is 0 Å². The van der Waals surface area contributed by atoms with Gasteiger partial charge >= 0.3 is 0 Å². The van der Waals surface area contributed by atoms with E-state index < -0.39 is 0 Å². The number of hydrogen-bond acceptors (Lipinski definition) is 3. The second kappa shape index (κ2) is 6.24. The number of likely N-dealkylation sites (tertiary alicyclic amines) is 1. The van der Waals surface area contributed by atoms with Crippen LogP contribution in [0.1, 0.15) is 23.7 Å². The highest BCUT2D eigenvalue weighted by Gasteiger charge is 2.27. The number of imidazole rings is 1. The zero-order chi connectivity index (χ0) is 16.5. The Morgan fingerprint density at radius 3 is 2.75 bits per heavy atom. The predicted octanol–water partition coefficient (Wildman–Crippen LogP) is 3.04. The Balaban J connectivity index is 1.54. The molecule has 3 aromatic rings. The smallest absolute Gasteiger partial charge is 0.140 e. The molecule has 0 saturated carbocycles. The monoisotopic (exact) mass is 321 g/mol. The first-order valence-corrected chi connectivity index (χ1v) is 8.50. The molecule has 1 aliphatic rings. The van der Waals surface area contributed by atoms with Crippen molar-refractivity contribution in [2.75, 3.05) is 13.1 Å². The van der Waals surface area contributed by atoms with Crippen LogP contribution in [-0.4, -0.2) is 37.3 Å². The molecule has 1 atom stereocenters. The Kier molecular flexibility index (Phi) is 3.94. The fraction of sp³-hybridized carbons (Fsp3) is 0.368. The van der Waals surface area contributed by atoms with Crippen LogP contribution < -0.4 is 0 Å². The van der Waals surface area contributed by atoms with E-state index in [1.54, 1.807) is 0 Å². The summed E-state index contributed by atoms with van der Waals surface area (Å²) in [6.07, 6.45) is 7.22. The average Bonchev–Trinajstić information content (AvgIpc) is 3.29. The van der Waals surface area contributed by atoms with Gasteiger partial charge in [0.1, 0.15) is 5.82 Å². The minimum absolute atomic E-state index is 0.486. The van der Waals surface area contributed by atoms with E-state index >= 15 is 0 Å². The molecule has 4 rings (SSSR count). The van der Waals surface area contributed by atoms with Crippen LogP contribution in [0, 0.1) is 6.92 Å². The van der Waals surface area contributed by atoms with Crippen molar-refractivity contribution in [2.45, 2.75) is 25.9 Å². The molecule has 0 radical (unpaired) electrons. The van der Waals surface area contributed by atoms with Crippen molar-refractivity contribution in [2.24, 2.45) is 7.05 Å². The van der Waals surface area contributed by atoms with E-state index in [1.165, 1.54) is 16.8 Å². The van der Waals surface area contributed by atoms with Gasteiger partial charge in [-0.1, -0.05) is 30.3 Å². The number of rotatable bonds is 4. The van der Waals surface area contributed by atoms with Gasteiger partial charge in [0.15, 0.2) is 0 Å². The molecule has 24 heavy (non-hydrogen) atoms. The van der Waals surface area contributed by atoms with Gasteiger partial charge < -0.3 is 4.57 Å². The zero-order valence-corrected chi connectivity index (χ0v) is 14.3. The predicted molar refractivity (Wildman–Crippen MR) is 94.5 cm³/mol. The van der Waals surface area contributed by atoms with Gasteiger partial charge in [-0.05, 0) is 13.3 Å². The van der Waals surface area contributed by atoms with E-state index in [-0.39, 0.29) is 0 Å². The van der Waals surface area contributed by atoms with E-state index in [0.29, 0.717) is 6.04 Å². The number of benzene rings is 1. The molecule has 0 aliphatic carbocycles. The quantitative estimate of drug-likeness (QED) is 0.741. The zero-order valence-electron chi connectivity index (χ0n) is 14.3. The van der Waals surface area contributed by atoms with Gasteiger partial charge in [0.05, 0.1) is 6.20 Å². The van der Waals surface area contributed by atoms with Crippen molar-refractivity contribution < 1.29 is 0 Å². The normalized spacial score (nSPS) is 18.3. The number of aryl methyl sites for hydroxylation is 2. The Hall–Kier alpha value is -2.40. The van der Waals surface area contributed by atoms with Crippen molar-refractivity contribution in [3.05, 3.63) is 60.2 Å². The lowest BCUT2D eigenvalue weighted by molar-refractivity contribution is 0.316. The molecule has 0 spiro atoms. The van der Waals surface area contributed by atoms with Crippen molar-refractivity contribution in [3.8, 4) is 11.4 Å². The third-order valence-corrected chi connectivity index (χ3v) is 4.79. The number of aromatic nitrogens is 4. The first-order valence-electron chi connectivity index (χ1n) is 8.50. The van der Waals surface area contributed by atoms with Crippen LogP contribution in [0.15, 0.2) is 48.9 Å². The largest absolute Gasteiger partial charge is 0.324 e. The van der Waals surface area contributed by atoms with Gasteiger partial charge in [-0.3, -0.25) is 9.58 Å². The summed E-state index contributed by atoms with van der Waals surface area (Å²) in [6, 6.07) is 11.0. The molecule has 1 fully saturated rings.